The standard InChI is InChI=1S/C21H26F2N4O2/c1-24-21(27-12-10-26(11-13-27)17-6-4-3-5-7-17)25-15-16-8-9-18(28-2)19(14-16)29-20(22)23/h3-9,14,20H,10-13,15H2,1-2H3,(H,24,25). The lowest BCUT2D eigenvalue weighted by Crippen LogP contribution is -2.52. The number of ether oxygens (including phenoxy) is 2. The lowest BCUT2D eigenvalue weighted by atomic mass is 10.2. The number of guanidine groups is 1. The Morgan fingerprint density at radius 2 is 1.79 bits per heavy atom. The molecule has 1 aliphatic heterocycles. The van der Waals surface area contributed by atoms with Crippen LogP contribution in [0.15, 0.2) is 53.5 Å². The predicted octanol–water partition coefficient (Wildman–Crippen LogP) is 3.19. The molecule has 0 atom stereocenters. The number of anilines is 1. The Morgan fingerprint density at radius 1 is 1.07 bits per heavy atom. The second kappa shape index (κ2) is 9.95. The third-order valence-corrected chi connectivity index (χ3v) is 4.81. The predicted molar refractivity (Wildman–Crippen MR) is 110 cm³/mol. The fraction of sp³-hybridized carbons (Fsp3) is 0.381. The van der Waals surface area contributed by atoms with Crippen LogP contribution in [0.1, 0.15) is 5.56 Å². The van der Waals surface area contributed by atoms with Gasteiger partial charge in [-0.05, 0) is 29.8 Å². The molecule has 2 aromatic rings. The number of aliphatic imine (C=N–C) groups is 1. The van der Waals surface area contributed by atoms with E-state index in [1.807, 2.05) is 24.3 Å². The van der Waals surface area contributed by atoms with Crippen LogP contribution in [-0.4, -0.2) is 57.8 Å². The number of rotatable bonds is 6. The second-order valence-electron chi connectivity index (χ2n) is 6.57. The molecule has 1 aliphatic rings. The van der Waals surface area contributed by atoms with E-state index in [4.69, 9.17) is 4.74 Å². The number of benzene rings is 2. The van der Waals surface area contributed by atoms with Crippen LogP contribution in [-0.2, 0) is 6.54 Å². The van der Waals surface area contributed by atoms with Crippen LogP contribution in [0.2, 0.25) is 0 Å². The first-order valence-electron chi connectivity index (χ1n) is 9.48. The van der Waals surface area contributed by atoms with E-state index in [9.17, 15) is 8.78 Å². The summed E-state index contributed by atoms with van der Waals surface area (Å²) in [6.45, 7) is 1.03. The SMILES string of the molecule is CN=C(NCc1ccc(OC)c(OC(F)F)c1)N1CCN(c2ccccc2)CC1. The number of para-hydroxylation sites is 1. The Labute approximate surface area is 169 Å². The molecule has 6 nitrogen and oxygen atoms in total. The minimum Gasteiger partial charge on any atom is -0.493 e. The Morgan fingerprint density at radius 3 is 2.41 bits per heavy atom. The number of hydrogen-bond donors (Lipinski definition) is 1. The maximum Gasteiger partial charge on any atom is 0.387 e. The Hall–Kier alpha value is -3.03. The summed E-state index contributed by atoms with van der Waals surface area (Å²) in [7, 11) is 3.16. The first-order chi connectivity index (χ1) is 14.1. The lowest BCUT2D eigenvalue weighted by molar-refractivity contribution is -0.0512. The molecule has 1 fully saturated rings. The molecular weight excluding hydrogens is 378 g/mol. The molecule has 0 unspecified atom stereocenters. The van der Waals surface area contributed by atoms with Gasteiger partial charge in [0.25, 0.3) is 0 Å². The summed E-state index contributed by atoms with van der Waals surface area (Å²) >= 11 is 0. The van der Waals surface area contributed by atoms with Gasteiger partial charge in [0.1, 0.15) is 0 Å². The number of hydrogen-bond acceptors (Lipinski definition) is 4. The van der Waals surface area contributed by atoms with Gasteiger partial charge in [0.15, 0.2) is 17.5 Å². The zero-order valence-electron chi connectivity index (χ0n) is 16.6. The van der Waals surface area contributed by atoms with Gasteiger partial charge in [-0.3, -0.25) is 4.99 Å². The molecule has 1 heterocycles. The number of piperazine rings is 1. The van der Waals surface area contributed by atoms with Gasteiger partial charge < -0.3 is 24.6 Å². The number of nitrogens with one attached hydrogen (secondary N) is 1. The van der Waals surface area contributed by atoms with E-state index in [2.05, 4.69) is 37.0 Å². The van der Waals surface area contributed by atoms with Crippen molar-refractivity contribution in [1.82, 2.24) is 10.2 Å². The molecule has 2 aromatic carbocycles. The number of halogens is 2. The van der Waals surface area contributed by atoms with Crippen molar-refractivity contribution in [2.75, 3.05) is 45.2 Å². The molecule has 3 rings (SSSR count). The fourth-order valence-electron chi connectivity index (χ4n) is 3.35. The number of methoxy groups -OCH3 is 1. The van der Waals surface area contributed by atoms with Gasteiger partial charge in [-0.15, -0.1) is 0 Å². The summed E-state index contributed by atoms with van der Waals surface area (Å²) in [5.74, 6) is 1.08. The van der Waals surface area contributed by atoms with E-state index in [0.717, 1.165) is 37.7 Å². The molecule has 1 saturated heterocycles. The highest BCUT2D eigenvalue weighted by Crippen LogP contribution is 2.29. The third kappa shape index (κ3) is 5.49. The van der Waals surface area contributed by atoms with Crippen molar-refractivity contribution in [2.24, 2.45) is 4.99 Å². The molecule has 0 aromatic heterocycles. The molecule has 156 valence electrons. The molecule has 0 amide bonds. The van der Waals surface area contributed by atoms with Crippen molar-refractivity contribution in [3.63, 3.8) is 0 Å². The molecular formula is C21H26F2N4O2. The van der Waals surface area contributed by atoms with E-state index >= 15 is 0 Å². The van der Waals surface area contributed by atoms with Crippen molar-refractivity contribution in [1.29, 1.82) is 0 Å². The average Bonchev–Trinajstić information content (AvgIpc) is 2.75. The van der Waals surface area contributed by atoms with Gasteiger partial charge in [-0.1, -0.05) is 24.3 Å². The van der Waals surface area contributed by atoms with Gasteiger partial charge in [0.2, 0.25) is 0 Å². The highest BCUT2D eigenvalue weighted by atomic mass is 19.3. The highest BCUT2D eigenvalue weighted by molar-refractivity contribution is 5.80. The zero-order chi connectivity index (χ0) is 20.6. The Balaban J connectivity index is 1.57. The second-order valence-corrected chi connectivity index (χ2v) is 6.57. The van der Waals surface area contributed by atoms with Crippen molar-refractivity contribution in [3.8, 4) is 11.5 Å². The minimum atomic E-state index is -2.90. The zero-order valence-corrected chi connectivity index (χ0v) is 16.6. The summed E-state index contributed by atoms with van der Waals surface area (Å²) in [6, 6.07) is 15.3. The van der Waals surface area contributed by atoms with E-state index in [1.54, 1.807) is 19.2 Å². The summed E-state index contributed by atoms with van der Waals surface area (Å²) in [6.07, 6.45) is 0. The van der Waals surface area contributed by atoms with E-state index in [-0.39, 0.29) is 11.5 Å². The van der Waals surface area contributed by atoms with Gasteiger partial charge in [-0.2, -0.15) is 8.78 Å². The van der Waals surface area contributed by atoms with Crippen molar-refractivity contribution >= 4 is 11.6 Å². The van der Waals surface area contributed by atoms with Crippen LogP contribution in [0.25, 0.3) is 0 Å². The maximum atomic E-state index is 12.6. The number of alkyl halides is 2. The Bertz CT molecular complexity index is 810. The monoisotopic (exact) mass is 404 g/mol. The minimum absolute atomic E-state index is 0.0215. The molecule has 29 heavy (non-hydrogen) atoms. The smallest absolute Gasteiger partial charge is 0.387 e. The highest BCUT2D eigenvalue weighted by Gasteiger charge is 2.20. The quantitative estimate of drug-likeness (QED) is 0.592. The maximum absolute atomic E-state index is 12.6. The van der Waals surface area contributed by atoms with Crippen LogP contribution in [0.3, 0.4) is 0 Å². The summed E-state index contributed by atoms with van der Waals surface area (Å²) < 4.78 is 34.8. The average molecular weight is 404 g/mol. The van der Waals surface area contributed by atoms with Crippen molar-refractivity contribution in [3.05, 3.63) is 54.1 Å². The molecule has 0 bridgehead atoms. The first-order valence-corrected chi connectivity index (χ1v) is 9.48. The van der Waals surface area contributed by atoms with Crippen LogP contribution in [0.5, 0.6) is 11.5 Å². The van der Waals surface area contributed by atoms with Crippen LogP contribution in [0.4, 0.5) is 14.5 Å². The van der Waals surface area contributed by atoms with Gasteiger partial charge in [0.05, 0.1) is 7.11 Å². The molecule has 0 spiro atoms. The topological polar surface area (TPSA) is 49.3 Å². The summed E-state index contributed by atoms with van der Waals surface area (Å²) in [5, 5.41) is 3.30. The van der Waals surface area contributed by atoms with Crippen LogP contribution < -0.4 is 19.7 Å². The number of nitrogens with zero attached hydrogens (tertiary/aromatic N) is 3. The van der Waals surface area contributed by atoms with E-state index in [0.29, 0.717) is 6.54 Å². The molecule has 1 N–H and O–H groups in total. The molecule has 0 aliphatic carbocycles. The van der Waals surface area contributed by atoms with E-state index in [1.165, 1.54) is 12.8 Å². The molecule has 0 radical (unpaired) electrons. The Kier molecular flexibility index (Phi) is 7.10. The van der Waals surface area contributed by atoms with Crippen molar-refractivity contribution < 1.29 is 18.3 Å². The largest absolute Gasteiger partial charge is 0.493 e. The van der Waals surface area contributed by atoms with Gasteiger partial charge >= 0.3 is 6.61 Å². The van der Waals surface area contributed by atoms with E-state index < -0.39 is 6.61 Å². The van der Waals surface area contributed by atoms with Crippen LogP contribution >= 0.6 is 0 Å². The summed E-state index contributed by atoms with van der Waals surface area (Å²) in [4.78, 5) is 8.91. The van der Waals surface area contributed by atoms with Crippen molar-refractivity contribution in [2.45, 2.75) is 13.2 Å². The van der Waals surface area contributed by atoms with Gasteiger partial charge in [-0.25, -0.2) is 0 Å². The summed E-state index contributed by atoms with van der Waals surface area (Å²) in [5.41, 5.74) is 2.02. The first kappa shape index (κ1) is 20.7. The third-order valence-electron chi connectivity index (χ3n) is 4.81. The van der Waals surface area contributed by atoms with Gasteiger partial charge in [0, 0.05) is 45.5 Å². The molecule has 0 saturated carbocycles. The molecule has 8 heteroatoms. The lowest BCUT2D eigenvalue weighted by Gasteiger charge is -2.37. The fourth-order valence-corrected chi connectivity index (χ4v) is 3.35. The van der Waals surface area contributed by atoms with Crippen LogP contribution in [0, 0.1) is 0 Å². The normalized spacial score (nSPS) is 14.9.